The number of nitrogens with one attached hydrogen (secondary N) is 1. The SMILES string of the molecule is CCOc1cccc(N2CCC(NC(=O)OCC(F)(F)F)CC2)n1. The number of piperidine rings is 1. The van der Waals surface area contributed by atoms with Crippen LogP contribution >= 0.6 is 0 Å². The van der Waals surface area contributed by atoms with E-state index in [2.05, 4.69) is 15.0 Å². The lowest BCUT2D eigenvalue weighted by atomic mass is 10.1. The number of alkyl halides is 3. The van der Waals surface area contributed by atoms with Gasteiger partial charge in [0.1, 0.15) is 5.82 Å². The van der Waals surface area contributed by atoms with E-state index >= 15 is 0 Å². The first-order valence-corrected chi connectivity index (χ1v) is 7.72. The van der Waals surface area contributed by atoms with Crippen LogP contribution in [0.25, 0.3) is 0 Å². The van der Waals surface area contributed by atoms with Gasteiger partial charge in [-0.15, -0.1) is 0 Å². The zero-order chi connectivity index (χ0) is 17.6. The highest BCUT2D eigenvalue weighted by atomic mass is 19.4. The quantitative estimate of drug-likeness (QED) is 0.887. The van der Waals surface area contributed by atoms with Crippen LogP contribution in [-0.2, 0) is 4.74 Å². The maximum absolute atomic E-state index is 12.0. The highest BCUT2D eigenvalue weighted by Crippen LogP contribution is 2.21. The average molecular weight is 347 g/mol. The van der Waals surface area contributed by atoms with E-state index in [-0.39, 0.29) is 6.04 Å². The molecular formula is C15H20F3N3O3. The molecule has 6 nitrogen and oxygen atoms in total. The minimum Gasteiger partial charge on any atom is -0.478 e. The van der Waals surface area contributed by atoms with E-state index in [1.165, 1.54) is 0 Å². The van der Waals surface area contributed by atoms with Crippen molar-refractivity contribution in [1.82, 2.24) is 10.3 Å². The molecule has 1 saturated heterocycles. The number of aromatic nitrogens is 1. The summed E-state index contributed by atoms with van der Waals surface area (Å²) in [5.74, 6) is 1.32. The van der Waals surface area contributed by atoms with Crippen LogP contribution in [0.1, 0.15) is 19.8 Å². The fraction of sp³-hybridized carbons (Fsp3) is 0.600. The summed E-state index contributed by atoms with van der Waals surface area (Å²) in [5.41, 5.74) is 0. The first kappa shape index (κ1) is 18.2. The van der Waals surface area contributed by atoms with Crippen molar-refractivity contribution < 1.29 is 27.4 Å². The summed E-state index contributed by atoms with van der Waals surface area (Å²) in [6.45, 7) is 2.09. The van der Waals surface area contributed by atoms with Gasteiger partial charge in [0.05, 0.1) is 6.61 Å². The Balaban J connectivity index is 1.79. The van der Waals surface area contributed by atoms with Crippen LogP contribution in [0.3, 0.4) is 0 Å². The normalized spacial score (nSPS) is 15.9. The molecule has 0 aromatic carbocycles. The fourth-order valence-corrected chi connectivity index (χ4v) is 2.42. The first-order valence-electron chi connectivity index (χ1n) is 7.72. The lowest BCUT2D eigenvalue weighted by Crippen LogP contribution is -2.45. The molecule has 9 heteroatoms. The molecule has 1 amide bonds. The monoisotopic (exact) mass is 347 g/mol. The second kappa shape index (κ2) is 8.07. The molecule has 0 bridgehead atoms. The van der Waals surface area contributed by atoms with Crippen LogP contribution in [0.2, 0.25) is 0 Å². The van der Waals surface area contributed by atoms with Crippen molar-refractivity contribution in [3.05, 3.63) is 18.2 Å². The van der Waals surface area contributed by atoms with Gasteiger partial charge in [0.15, 0.2) is 6.61 Å². The highest BCUT2D eigenvalue weighted by Gasteiger charge is 2.30. The number of pyridine rings is 1. The number of alkyl carbamates (subject to hydrolysis) is 1. The zero-order valence-electron chi connectivity index (χ0n) is 13.3. The zero-order valence-corrected chi connectivity index (χ0v) is 13.3. The van der Waals surface area contributed by atoms with E-state index in [1.54, 1.807) is 6.07 Å². The number of anilines is 1. The smallest absolute Gasteiger partial charge is 0.422 e. The van der Waals surface area contributed by atoms with Crippen LogP contribution in [0.15, 0.2) is 18.2 Å². The van der Waals surface area contributed by atoms with Crippen molar-refractivity contribution in [1.29, 1.82) is 0 Å². The summed E-state index contributed by atoms with van der Waals surface area (Å²) >= 11 is 0. The number of amides is 1. The molecule has 24 heavy (non-hydrogen) atoms. The van der Waals surface area contributed by atoms with E-state index in [4.69, 9.17) is 4.74 Å². The van der Waals surface area contributed by atoms with E-state index in [0.717, 1.165) is 5.82 Å². The first-order chi connectivity index (χ1) is 11.4. The van der Waals surface area contributed by atoms with Crippen molar-refractivity contribution in [2.45, 2.75) is 32.0 Å². The van der Waals surface area contributed by atoms with Gasteiger partial charge in [0.25, 0.3) is 0 Å². The maximum Gasteiger partial charge on any atom is 0.422 e. The number of hydrogen-bond acceptors (Lipinski definition) is 5. The molecule has 0 atom stereocenters. The Bertz CT molecular complexity index is 546. The Morgan fingerprint density at radius 2 is 2.08 bits per heavy atom. The molecule has 1 aliphatic heterocycles. The Hall–Kier alpha value is -2.19. The highest BCUT2D eigenvalue weighted by molar-refractivity contribution is 5.67. The predicted octanol–water partition coefficient (Wildman–Crippen LogP) is 2.74. The minimum absolute atomic E-state index is 0.211. The van der Waals surface area contributed by atoms with Crippen LogP contribution < -0.4 is 15.0 Å². The number of hydrogen-bond donors (Lipinski definition) is 1. The second-order valence-electron chi connectivity index (χ2n) is 5.36. The number of halogens is 3. The van der Waals surface area contributed by atoms with Crippen molar-refractivity contribution in [3.63, 3.8) is 0 Å². The Morgan fingerprint density at radius 1 is 1.38 bits per heavy atom. The fourth-order valence-electron chi connectivity index (χ4n) is 2.42. The van der Waals surface area contributed by atoms with Crippen molar-refractivity contribution in [2.75, 3.05) is 31.2 Å². The van der Waals surface area contributed by atoms with Crippen LogP contribution in [0.5, 0.6) is 5.88 Å². The maximum atomic E-state index is 12.0. The Kier molecular flexibility index (Phi) is 6.10. The molecule has 2 rings (SSSR count). The second-order valence-corrected chi connectivity index (χ2v) is 5.36. The molecule has 1 aliphatic rings. The van der Waals surface area contributed by atoms with E-state index < -0.39 is 18.9 Å². The standard InChI is InChI=1S/C15H20F3N3O3/c1-2-23-13-5-3-4-12(20-13)21-8-6-11(7-9-21)19-14(22)24-10-15(16,17)18/h3-5,11H,2,6-10H2,1H3,(H,19,22). The van der Waals surface area contributed by atoms with E-state index in [9.17, 15) is 18.0 Å². The lowest BCUT2D eigenvalue weighted by molar-refractivity contribution is -0.160. The van der Waals surface area contributed by atoms with Gasteiger partial charge in [-0.25, -0.2) is 4.79 Å². The van der Waals surface area contributed by atoms with Gasteiger partial charge in [-0.2, -0.15) is 18.2 Å². The number of carbonyl (C=O) groups excluding carboxylic acids is 1. The molecule has 1 N–H and O–H groups in total. The molecular weight excluding hydrogens is 327 g/mol. The number of rotatable bonds is 5. The van der Waals surface area contributed by atoms with Gasteiger partial charge in [-0.05, 0) is 25.8 Å². The molecule has 1 aromatic rings. The van der Waals surface area contributed by atoms with E-state index in [0.29, 0.717) is 38.4 Å². The molecule has 1 fully saturated rings. The van der Waals surface area contributed by atoms with Gasteiger partial charge in [0, 0.05) is 25.2 Å². The summed E-state index contributed by atoms with van der Waals surface area (Å²) in [6, 6.07) is 5.29. The molecule has 2 heterocycles. The molecule has 134 valence electrons. The topological polar surface area (TPSA) is 63.7 Å². The average Bonchev–Trinajstić information content (AvgIpc) is 2.54. The molecule has 0 saturated carbocycles. The van der Waals surface area contributed by atoms with Gasteiger partial charge < -0.3 is 19.7 Å². The Morgan fingerprint density at radius 3 is 2.71 bits per heavy atom. The summed E-state index contributed by atoms with van der Waals surface area (Å²) in [7, 11) is 0. The minimum atomic E-state index is -4.52. The number of nitrogens with zero attached hydrogens (tertiary/aromatic N) is 2. The van der Waals surface area contributed by atoms with Crippen molar-refractivity contribution in [2.24, 2.45) is 0 Å². The lowest BCUT2D eigenvalue weighted by Gasteiger charge is -2.33. The van der Waals surface area contributed by atoms with Crippen LogP contribution in [0.4, 0.5) is 23.8 Å². The van der Waals surface area contributed by atoms with Crippen LogP contribution in [-0.4, -0.2) is 49.6 Å². The predicted molar refractivity (Wildman–Crippen MR) is 81.2 cm³/mol. The van der Waals surface area contributed by atoms with Gasteiger partial charge in [-0.3, -0.25) is 0 Å². The molecule has 0 aliphatic carbocycles. The Labute approximate surface area is 137 Å². The van der Waals surface area contributed by atoms with Crippen LogP contribution in [0, 0.1) is 0 Å². The molecule has 1 aromatic heterocycles. The number of ether oxygens (including phenoxy) is 2. The summed E-state index contributed by atoms with van der Waals surface area (Å²) in [6.07, 6.45) is -4.36. The third-order valence-electron chi connectivity index (χ3n) is 3.51. The van der Waals surface area contributed by atoms with Gasteiger partial charge in [0.2, 0.25) is 5.88 Å². The summed E-state index contributed by atoms with van der Waals surface area (Å²) < 4.78 is 45.5. The molecule has 0 spiro atoms. The third-order valence-corrected chi connectivity index (χ3v) is 3.51. The molecule has 0 radical (unpaired) electrons. The summed E-state index contributed by atoms with van der Waals surface area (Å²) in [4.78, 5) is 17.8. The van der Waals surface area contributed by atoms with Crippen molar-refractivity contribution >= 4 is 11.9 Å². The largest absolute Gasteiger partial charge is 0.478 e. The van der Waals surface area contributed by atoms with Crippen molar-refractivity contribution in [3.8, 4) is 5.88 Å². The molecule has 0 unspecified atom stereocenters. The van der Waals surface area contributed by atoms with Gasteiger partial charge in [-0.1, -0.05) is 6.07 Å². The number of carbonyl (C=O) groups is 1. The summed E-state index contributed by atoms with van der Waals surface area (Å²) in [5, 5.41) is 2.46. The van der Waals surface area contributed by atoms with Gasteiger partial charge >= 0.3 is 12.3 Å². The van der Waals surface area contributed by atoms with E-state index in [1.807, 2.05) is 24.0 Å². The third kappa shape index (κ3) is 5.78.